The van der Waals surface area contributed by atoms with Crippen LogP contribution in [0.3, 0.4) is 0 Å². The van der Waals surface area contributed by atoms with E-state index < -0.39 is 21.8 Å². The van der Waals surface area contributed by atoms with E-state index in [1.54, 1.807) is 0 Å². The summed E-state index contributed by atoms with van der Waals surface area (Å²) in [4.78, 5) is 3.94. The molecule has 2 heterocycles. The predicted molar refractivity (Wildman–Crippen MR) is 83.3 cm³/mol. The van der Waals surface area contributed by atoms with Crippen molar-refractivity contribution in [3.05, 3.63) is 47.2 Å². The SMILES string of the molecule is CC(C)c1nc2c(o1)CCN(S(=O)(=O)c1cccc(C(F)(F)F)c1)C2. The first-order valence-electron chi connectivity index (χ1n) is 7.75. The number of sulfonamides is 1. The van der Waals surface area contributed by atoms with E-state index >= 15 is 0 Å². The van der Waals surface area contributed by atoms with E-state index in [0.717, 1.165) is 16.4 Å². The normalized spacial score (nSPS) is 16.2. The Kier molecular flexibility index (Phi) is 4.40. The number of aromatic nitrogens is 1. The molecule has 2 aromatic rings. The molecule has 0 aliphatic carbocycles. The van der Waals surface area contributed by atoms with Crippen LogP contribution in [0.2, 0.25) is 0 Å². The van der Waals surface area contributed by atoms with Gasteiger partial charge in [-0.15, -0.1) is 0 Å². The van der Waals surface area contributed by atoms with Gasteiger partial charge < -0.3 is 4.42 Å². The monoisotopic (exact) mass is 374 g/mol. The van der Waals surface area contributed by atoms with Gasteiger partial charge in [0, 0.05) is 18.9 Å². The molecule has 0 saturated heterocycles. The second kappa shape index (κ2) is 6.14. The van der Waals surface area contributed by atoms with Crippen LogP contribution < -0.4 is 0 Å². The summed E-state index contributed by atoms with van der Waals surface area (Å²) in [6, 6.07) is 3.77. The minimum atomic E-state index is -4.60. The van der Waals surface area contributed by atoms with Crippen LogP contribution in [0, 0.1) is 0 Å². The minimum absolute atomic E-state index is 0.00979. The standard InChI is InChI=1S/C16H17F3N2O3S/c1-10(2)15-20-13-9-21(7-6-14(13)24-15)25(22,23)12-5-3-4-11(8-12)16(17,18)19/h3-5,8,10H,6-7,9H2,1-2H3. The van der Waals surface area contributed by atoms with Gasteiger partial charge in [0.2, 0.25) is 10.0 Å². The van der Waals surface area contributed by atoms with Gasteiger partial charge in [-0.1, -0.05) is 19.9 Å². The fraction of sp³-hybridized carbons (Fsp3) is 0.438. The van der Waals surface area contributed by atoms with E-state index in [0.29, 0.717) is 29.8 Å². The predicted octanol–water partition coefficient (Wildman–Crippen LogP) is 3.56. The van der Waals surface area contributed by atoms with E-state index in [1.165, 1.54) is 6.07 Å². The Morgan fingerprint density at radius 3 is 2.64 bits per heavy atom. The second-order valence-corrected chi connectivity index (χ2v) is 8.13. The molecule has 9 heteroatoms. The summed E-state index contributed by atoms with van der Waals surface area (Å²) in [6.07, 6.45) is -4.26. The van der Waals surface area contributed by atoms with Crippen molar-refractivity contribution in [3.8, 4) is 0 Å². The first-order valence-corrected chi connectivity index (χ1v) is 9.19. The van der Waals surface area contributed by atoms with Gasteiger partial charge in [-0.05, 0) is 18.2 Å². The first kappa shape index (κ1) is 17.9. The third-order valence-electron chi connectivity index (χ3n) is 4.00. The van der Waals surface area contributed by atoms with Crippen LogP contribution in [-0.2, 0) is 29.2 Å². The number of fused-ring (bicyclic) bond motifs is 1. The molecular formula is C16H17F3N2O3S. The van der Waals surface area contributed by atoms with Crippen LogP contribution >= 0.6 is 0 Å². The highest BCUT2D eigenvalue weighted by molar-refractivity contribution is 7.89. The van der Waals surface area contributed by atoms with Crippen molar-refractivity contribution in [2.45, 2.75) is 43.8 Å². The highest BCUT2D eigenvalue weighted by Crippen LogP contribution is 2.32. The molecule has 1 aromatic heterocycles. The Bertz CT molecular complexity index is 888. The van der Waals surface area contributed by atoms with Gasteiger partial charge in [0.1, 0.15) is 5.76 Å². The zero-order valence-electron chi connectivity index (χ0n) is 13.7. The van der Waals surface area contributed by atoms with Crippen LogP contribution in [0.25, 0.3) is 0 Å². The van der Waals surface area contributed by atoms with Crippen LogP contribution in [0.5, 0.6) is 0 Å². The summed E-state index contributed by atoms with van der Waals surface area (Å²) in [5.74, 6) is 1.24. The lowest BCUT2D eigenvalue weighted by Gasteiger charge is -2.25. The molecule has 0 unspecified atom stereocenters. The van der Waals surface area contributed by atoms with E-state index in [9.17, 15) is 21.6 Å². The number of rotatable bonds is 3. The third kappa shape index (κ3) is 3.43. The van der Waals surface area contributed by atoms with Gasteiger partial charge in [-0.3, -0.25) is 0 Å². The first-order chi connectivity index (χ1) is 11.6. The number of alkyl halides is 3. The maximum atomic E-state index is 12.8. The summed E-state index contributed by atoms with van der Waals surface area (Å²) >= 11 is 0. The Morgan fingerprint density at radius 1 is 1.28 bits per heavy atom. The molecule has 136 valence electrons. The van der Waals surface area contributed by atoms with Crippen molar-refractivity contribution in [3.63, 3.8) is 0 Å². The van der Waals surface area contributed by atoms with Crippen molar-refractivity contribution in [2.24, 2.45) is 0 Å². The molecule has 0 N–H and O–H groups in total. The lowest BCUT2D eigenvalue weighted by atomic mass is 10.2. The van der Waals surface area contributed by atoms with Crippen molar-refractivity contribution in [1.29, 1.82) is 0 Å². The summed E-state index contributed by atoms with van der Waals surface area (Å²) in [6.45, 7) is 3.95. The summed E-state index contributed by atoms with van der Waals surface area (Å²) in [7, 11) is -4.05. The van der Waals surface area contributed by atoms with Crippen molar-refractivity contribution >= 4 is 10.0 Å². The molecule has 0 radical (unpaired) electrons. The molecule has 1 aromatic carbocycles. The number of oxazole rings is 1. The molecule has 0 atom stereocenters. The molecule has 0 saturated carbocycles. The third-order valence-corrected chi connectivity index (χ3v) is 5.84. The quantitative estimate of drug-likeness (QED) is 0.824. The largest absolute Gasteiger partial charge is 0.445 e. The lowest BCUT2D eigenvalue weighted by Crippen LogP contribution is -2.35. The zero-order valence-corrected chi connectivity index (χ0v) is 14.5. The topological polar surface area (TPSA) is 63.4 Å². The molecule has 25 heavy (non-hydrogen) atoms. The zero-order chi connectivity index (χ0) is 18.4. The van der Waals surface area contributed by atoms with Gasteiger partial charge in [0.25, 0.3) is 0 Å². The van der Waals surface area contributed by atoms with Gasteiger partial charge in [-0.25, -0.2) is 13.4 Å². The minimum Gasteiger partial charge on any atom is -0.445 e. The van der Waals surface area contributed by atoms with Gasteiger partial charge in [-0.2, -0.15) is 17.5 Å². The molecule has 1 aliphatic heterocycles. The summed E-state index contributed by atoms with van der Waals surface area (Å²) in [5.41, 5.74) is -0.472. The van der Waals surface area contributed by atoms with Crippen LogP contribution in [-0.4, -0.2) is 24.3 Å². The molecule has 0 amide bonds. The second-order valence-electron chi connectivity index (χ2n) is 6.19. The van der Waals surface area contributed by atoms with E-state index in [4.69, 9.17) is 4.42 Å². The Labute approximate surface area is 143 Å². The molecule has 0 fully saturated rings. The Balaban J connectivity index is 1.91. The number of halogens is 3. The fourth-order valence-corrected chi connectivity index (χ4v) is 4.08. The van der Waals surface area contributed by atoms with Crippen molar-refractivity contribution < 1.29 is 26.0 Å². The lowest BCUT2D eigenvalue weighted by molar-refractivity contribution is -0.137. The van der Waals surface area contributed by atoms with Gasteiger partial charge >= 0.3 is 6.18 Å². The number of nitrogens with zero attached hydrogens (tertiary/aromatic N) is 2. The number of benzene rings is 1. The fourth-order valence-electron chi connectivity index (χ4n) is 2.63. The Morgan fingerprint density at radius 2 is 2.00 bits per heavy atom. The van der Waals surface area contributed by atoms with Crippen molar-refractivity contribution in [2.75, 3.05) is 6.54 Å². The molecule has 1 aliphatic rings. The molecule has 0 spiro atoms. The average molecular weight is 374 g/mol. The average Bonchev–Trinajstić information content (AvgIpc) is 2.97. The molecular weight excluding hydrogens is 357 g/mol. The Hall–Kier alpha value is -1.87. The maximum Gasteiger partial charge on any atom is 0.416 e. The number of hydrogen-bond donors (Lipinski definition) is 0. The maximum absolute atomic E-state index is 12.8. The van der Waals surface area contributed by atoms with Crippen LogP contribution in [0.1, 0.15) is 42.7 Å². The van der Waals surface area contributed by atoms with Gasteiger partial charge in [0.15, 0.2) is 5.89 Å². The van der Waals surface area contributed by atoms with Crippen LogP contribution in [0.4, 0.5) is 13.2 Å². The van der Waals surface area contributed by atoms with Gasteiger partial charge in [0.05, 0.1) is 22.7 Å². The molecule has 5 nitrogen and oxygen atoms in total. The highest BCUT2D eigenvalue weighted by atomic mass is 32.2. The molecule has 3 rings (SSSR count). The summed E-state index contributed by atoms with van der Waals surface area (Å²) < 4.78 is 70.7. The van der Waals surface area contributed by atoms with Crippen molar-refractivity contribution in [1.82, 2.24) is 9.29 Å². The van der Waals surface area contributed by atoms with E-state index in [1.807, 2.05) is 13.8 Å². The highest BCUT2D eigenvalue weighted by Gasteiger charge is 2.35. The van der Waals surface area contributed by atoms with Crippen LogP contribution in [0.15, 0.2) is 33.6 Å². The smallest absolute Gasteiger partial charge is 0.416 e. The molecule has 0 bridgehead atoms. The summed E-state index contributed by atoms with van der Waals surface area (Å²) in [5, 5.41) is 0. The van der Waals surface area contributed by atoms with E-state index in [-0.39, 0.29) is 23.9 Å². The number of hydrogen-bond acceptors (Lipinski definition) is 4. The van der Waals surface area contributed by atoms with E-state index in [2.05, 4.69) is 4.98 Å².